The minimum atomic E-state index is -0.435. The third-order valence-electron chi connectivity index (χ3n) is 5.10. The highest BCUT2D eigenvalue weighted by molar-refractivity contribution is 8.26. The van der Waals surface area contributed by atoms with Crippen molar-refractivity contribution in [3.63, 3.8) is 0 Å². The molecule has 2 aliphatic rings. The first-order valence-electron chi connectivity index (χ1n) is 9.81. The average molecular weight is 513 g/mol. The molecule has 0 N–H and O–H groups in total. The molecule has 0 bridgehead atoms. The van der Waals surface area contributed by atoms with Crippen LogP contribution < -0.4 is 4.90 Å². The standard InChI is InChI=1S/C24H14ClFN2O2S3/c25-15-9-10-20-18(12-15)28(17-7-3-4-8-19(17)32-20)22(29)13-27-23(30)21(33-24(27)31)11-14-5-1-2-6-16(14)26/h1-12H,13H2/b21-11-. The molecule has 0 aromatic heterocycles. The van der Waals surface area contributed by atoms with Gasteiger partial charge < -0.3 is 0 Å². The van der Waals surface area contributed by atoms with Crippen LogP contribution in [0.25, 0.3) is 6.08 Å². The lowest BCUT2D eigenvalue weighted by atomic mass is 10.2. The molecule has 33 heavy (non-hydrogen) atoms. The number of fused-ring (bicyclic) bond motifs is 2. The largest absolute Gasteiger partial charge is 0.283 e. The van der Waals surface area contributed by atoms with E-state index in [9.17, 15) is 14.0 Å². The van der Waals surface area contributed by atoms with E-state index in [1.54, 1.807) is 47.0 Å². The Hall–Kier alpha value is -2.65. The first-order valence-corrected chi connectivity index (χ1v) is 12.2. The molecule has 9 heteroatoms. The van der Waals surface area contributed by atoms with Crippen molar-refractivity contribution >= 4 is 80.9 Å². The summed E-state index contributed by atoms with van der Waals surface area (Å²) in [5, 5.41) is 0.505. The van der Waals surface area contributed by atoms with Gasteiger partial charge in [0, 0.05) is 20.4 Å². The second kappa shape index (κ2) is 8.95. The Bertz CT molecular complexity index is 1360. The number of para-hydroxylation sites is 1. The Kier molecular flexibility index (Phi) is 6.01. The molecular weight excluding hydrogens is 499 g/mol. The van der Waals surface area contributed by atoms with Gasteiger partial charge in [-0.25, -0.2) is 4.39 Å². The zero-order valence-electron chi connectivity index (χ0n) is 16.8. The first kappa shape index (κ1) is 22.2. The number of hydrogen-bond donors (Lipinski definition) is 0. The molecular formula is C24H14ClFN2O2S3. The average Bonchev–Trinajstić information content (AvgIpc) is 3.06. The van der Waals surface area contributed by atoms with Gasteiger partial charge in [0.05, 0.1) is 16.3 Å². The van der Waals surface area contributed by atoms with E-state index in [1.165, 1.54) is 17.0 Å². The van der Waals surface area contributed by atoms with Crippen molar-refractivity contribution in [2.24, 2.45) is 0 Å². The molecule has 0 saturated carbocycles. The molecule has 0 spiro atoms. The molecule has 5 rings (SSSR count). The summed E-state index contributed by atoms with van der Waals surface area (Å²) in [7, 11) is 0. The number of thiocarbonyl (C=S) groups is 1. The highest BCUT2D eigenvalue weighted by Crippen LogP contribution is 2.49. The van der Waals surface area contributed by atoms with Crippen molar-refractivity contribution in [2.75, 3.05) is 11.4 Å². The Morgan fingerprint density at radius 2 is 1.73 bits per heavy atom. The summed E-state index contributed by atoms with van der Waals surface area (Å²) < 4.78 is 14.3. The normalized spacial score (nSPS) is 16.2. The fourth-order valence-corrected chi connectivity index (χ4v) is 6.02. The van der Waals surface area contributed by atoms with Gasteiger partial charge in [-0.3, -0.25) is 19.4 Å². The molecule has 2 amide bonds. The number of nitrogens with zero attached hydrogens (tertiary/aromatic N) is 2. The number of amides is 2. The summed E-state index contributed by atoms with van der Waals surface area (Å²) in [6, 6.07) is 19.1. The summed E-state index contributed by atoms with van der Waals surface area (Å²) in [6.45, 7) is -0.246. The number of hydrogen-bond acceptors (Lipinski definition) is 5. The van der Waals surface area contributed by atoms with Gasteiger partial charge in [0.15, 0.2) is 0 Å². The van der Waals surface area contributed by atoms with E-state index in [-0.39, 0.29) is 27.2 Å². The second-order valence-electron chi connectivity index (χ2n) is 7.20. The van der Waals surface area contributed by atoms with Crippen molar-refractivity contribution in [1.82, 2.24) is 4.90 Å². The molecule has 0 atom stereocenters. The first-order chi connectivity index (χ1) is 15.9. The summed E-state index contributed by atoms with van der Waals surface area (Å²) in [5.74, 6) is -1.18. The van der Waals surface area contributed by atoms with E-state index < -0.39 is 11.7 Å². The summed E-state index contributed by atoms with van der Waals surface area (Å²) in [4.78, 5) is 31.5. The van der Waals surface area contributed by atoms with Gasteiger partial charge in [-0.05, 0) is 42.5 Å². The van der Waals surface area contributed by atoms with Gasteiger partial charge in [-0.1, -0.05) is 77.7 Å². The third-order valence-corrected chi connectivity index (χ3v) is 7.84. The Balaban J connectivity index is 1.46. The van der Waals surface area contributed by atoms with Crippen LogP contribution in [0.2, 0.25) is 5.02 Å². The summed E-state index contributed by atoms with van der Waals surface area (Å²) in [6.07, 6.45) is 1.46. The maximum atomic E-state index is 14.0. The highest BCUT2D eigenvalue weighted by atomic mass is 35.5. The Morgan fingerprint density at radius 1 is 1.00 bits per heavy atom. The van der Waals surface area contributed by atoms with Gasteiger partial charge in [0.2, 0.25) is 0 Å². The van der Waals surface area contributed by atoms with Crippen LogP contribution in [0.1, 0.15) is 5.56 Å². The third kappa shape index (κ3) is 4.19. The minimum absolute atomic E-state index is 0.246. The van der Waals surface area contributed by atoms with Crippen LogP contribution in [-0.4, -0.2) is 27.6 Å². The number of anilines is 2. The maximum Gasteiger partial charge on any atom is 0.266 e. The molecule has 2 aliphatic heterocycles. The molecule has 0 unspecified atom stereocenters. The number of rotatable bonds is 3. The van der Waals surface area contributed by atoms with E-state index in [4.69, 9.17) is 23.8 Å². The number of carbonyl (C=O) groups excluding carboxylic acids is 2. The number of benzene rings is 3. The number of carbonyl (C=O) groups is 2. The molecule has 1 fully saturated rings. The minimum Gasteiger partial charge on any atom is -0.283 e. The lowest BCUT2D eigenvalue weighted by molar-refractivity contribution is -0.127. The van der Waals surface area contributed by atoms with Crippen molar-refractivity contribution < 1.29 is 14.0 Å². The molecule has 1 saturated heterocycles. The van der Waals surface area contributed by atoms with Crippen LogP contribution in [-0.2, 0) is 9.59 Å². The van der Waals surface area contributed by atoms with E-state index in [1.807, 2.05) is 30.3 Å². The monoisotopic (exact) mass is 512 g/mol. The molecule has 2 heterocycles. The van der Waals surface area contributed by atoms with E-state index in [2.05, 4.69) is 0 Å². The maximum absolute atomic E-state index is 14.0. The fourth-order valence-electron chi connectivity index (χ4n) is 3.57. The number of halogens is 2. The fraction of sp³-hybridized carbons (Fsp3) is 0.0417. The van der Waals surface area contributed by atoms with Crippen LogP contribution in [0.5, 0.6) is 0 Å². The van der Waals surface area contributed by atoms with Gasteiger partial charge in [-0.2, -0.15) is 0 Å². The van der Waals surface area contributed by atoms with Gasteiger partial charge in [0.1, 0.15) is 16.7 Å². The van der Waals surface area contributed by atoms with Crippen molar-refractivity contribution in [3.05, 3.63) is 88.0 Å². The van der Waals surface area contributed by atoms with Crippen LogP contribution in [0.15, 0.2) is 81.4 Å². The van der Waals surface area contributed by atoms with Gasteiger partial charge in [-0.15, -0.1) is 0 Å². The Morgan fingerprint density at radius 3 is 2.55 bits per heavy atom. The van der Waals surface area contributed by atoms with E-state index >= 15 is 0 Å². The second-order valence-corrected chi connectivity index (χ2v) is 10.4. The lowest BCUT2D eigenvalue weighted by Crippen LogP contribution is -2.41. The summed E-state index contributed by atoms with van der Waals surface area (Å²) in [5.41, 5.74) is 1.66. The molecule has 3 aromatic carbocycles. The zero-order valence-corrected chi connectivity index (χ0v) is 20.0. The smallest absolute Gasteiger partial charge is 0.266 e. The zero-order chi connectivity index (χ0) is 23.1. The topological polar surface area (TPSA) is 40.6 Å². The van der Waals surface area contributed by atoms with Crippen molar-refractivity contribution in [2.45, 2.75) is 9.79 Å². The predicted octanol–water partition coefficient (Wildman–Crippen LogP) is 6.51. The van der Waals surface area contributed by atoms with Crippen molar-refractivity contribution in [3.8, 4) is 0 Å². The van der Waals surface area contributed by atoms with Gasteiger partial charge >= 0.3 is 0 Å². The van der Waals surface area contributed by atoms with E-state index in [0.717, 1.165) is 27.2 Å². The lowest BCUT2D eigenvalue weighted by Gasteiger charge is -2.32. The number of thioether (sulfide) groups is 1. The van der Waals surface area contributed by atoms with E-state index in [0.29, 0.717) is 10.7 Å². The van der Waals surface area contributed by atoms with Gasteiger partial charge in [0.25, 0.3) is 11.8 Å². The predicted molar refractivity (Wildman–Crippen MR) is 135 cm³/mol. The quantitative estimate of drug-likeness (QED) is 0.295. The molecule has 164 valence electrons. The van der Waals surface area contributed by atoms with Crippen LogP contribution in [0.4, 0.5) is 15.8 Å². The summed E-state index contributed by atoms with van der Waals surface area (Å²) >= 11 is 14.2. The van der Waals surface area contributed by atoms with Crippen LogP contribution in [0.3, 0.4) is 0 Å². The highest BCUT2D eigenvalue weighted by Gasteiger charge is 2.36. The SMILES string of the molecule is O=C1/C(=C/c2ccccc2F)SC(=S)N1CC(=O)N1c2ccccc2Sc2ccc(Cl)cc21. The Labute approximate surface area is 208 Å². The van der Waals surface area contributed by atoms with Crippen molar-refractivity contribution in [1.29, 1.82) is 0 Å². The molecule has 3 aromatic rings. The molecule has 4 nitrogen and oxygen atoms in total. The molecule has 0 aliphatic carbocycles. The van der Waals surface area contributed by atoms with Crippen LogP contribution >= 0.6 is 47.3 Å². The molecule has 0 radical (unpaired) electrons. The van der Waals surface area contributed by atoms with Crippen LogP contribution in [0, 0.1) is 5.82 Å².